The maximum Gasteiger partial charge on any atom is 0.573 e. The highest BCUT2D eigenvalue weighted by Gasteiger charge is 2.45. The molecule has 1 saturated heterocycles. The number of carboxylic acid groups (broad SMARTS) is 1. The second-order valence-corrected chi connectivity index (χ2v) is 7.48. The van der Waals surface area contributed by atoms with Crippen molar-refractivity contribution in [3.8, 4) is 5.75 Å². The monoisotopic (exact) mass is 371 g/mol. The highest BCUT2D eigenvalue weighted by atomic mass is 32.2. The van der Waals surface area contributed by atoms with Crippen LogP contribution in [0, 0.1) is 11.2 Å². The molecule has 134 valence electrons. The molecule has 0 aliphatic carbocycles. The molecular formula is C13H13F4NO5S. The first kappa shape index (κ1) is 18.5. The van der Waals surface area contributed by atoms with Crippen LogP contribution in [0.15, 0.2) is 23.1 Å². The highest BCUT2D eigenvalue weighted by molar-refractivity contribution is 7.89. The van der Waals surface area contributed by atoms with Gasteiger partial charge in [-0.1, -0.05) is 6.07 Å². The molecule has 0 amide bonds. The van der Waals surface area contributed by atoms with Gasteiger partial charge in [-0.2, -0.15) is 4.31 Å². The van der Waals surface area contributed by atoms with Crippen molar-refractivity contribution >= 4 is 16.0 Å². The zero-order valence-electron chi connectivity index (χ0n) is 12.3. The van der Waals surface area contributed by atoms with Crippen LogP contribution >= 0.6 is 0 Å². The third kappa shape index (κ3) is 3.46. The number of nitrogens with zero attached hydrogens (tertiary/aromatic N) is 1. The summed E-state index contributed by atoms with van der Waals surface area (Å²) in [5.41, 5.74) is -1.34. The van der Waals surface area contributed by atoms with Crippen molar-refractivity contribution < 1.29 is 40.6 Å². The number of hydrogen-bond donors (Lipinski definition) is 1. The van der Waals surface area contributed by atoms with Gasteiger partial charge in [0.2, 0.25) is 10.0 Å². The number of rotatable bonds is 4. The summed E-state index contributed by atoms with van der Waals surface area (Å²) in [6.45, 7) is 0.744. The fourth-order valence-corrected chi connectivity index (χ4v) is 3.97. The molecule has 0 aromatic heterocycles. The van der Waals surface area contributed by atoms with Gasteiger partial charge in [-0.15, -0.1) is 13.2 Å². The van der Waals surface area contributed by atoms with Gasteiger partial charge in [0.15, 0.2) is 11.6 Å². The molecule has 2 rings (SSSR count). The Morgan fingerprint density at radius 1 is 1.38 bits per heavy atom. The van der Waals surface area contributed by atoms with Crippen molar-refractivity contribution in [3.05, 3.63) is 24.0 Å². The molecule has 11 heteroatoms. The number of carboxylic acids is 1. The number of ether oxygens (including phenoxy) is 1. The lowest BCUT2D eigenvalue weighted by Gasteiger charge is -2.20. The summed E-state index contributed by atoms with van der Waals surface area (Å²) in [5.74, 6) is -4.17. The summed E-state index contributed by atoms with van der Waals surface area (Å²) in [5, 5.41) is 9.11. The Morgan fingerprint density at radius 3 is 2.50 bits per heavy atom. The van der Waals surface area contributed by atoms with Gasteiger partial charge in [-0.25, -0.2) is 12.8 Å². The lowest BCUT2D eigenvalue weighted by atomic mass is 9.90. The summed E-state index contributed by atoms with van der Waals surface area (Å²) in [7, 11) is -4.50. The molecule has 1 unspecified atom stereocenters. The lowest BCUT2D eigenvalue weighted by molar-refractivity contribution is -0.275. The van der Waals surface area contributed by atoms with E-state index >= 15 is 0 Å². The Morgan fingerprint density at radius 2 is 2.00 bits per heavy atom. The van der Waals surface area contributed by atoms with Crippen molar-refractivity contribution in [2.24, 2.45) is 5.41 Å². The van der Waals surface area contributed by atoms with E-state index in [2.05, 4.69) is 4.74 Å². The number of alkyl halides is 3. The Labute approximate surface area is 134 Å². The van der Waals surface area contributed by atoms with E-state index in [9.17, 15) is 30.8 Å². The van der Waals surface area contributed by atoms with Gasteiger partial charge in [0.25, 0.3) is 0 Å². The van der Waals surface area contributed by atoms with Gasteiger partial charge >= 0.3 is 12.3 Å². The van der Waals surface area contributed by atoms with Crippen LogP contribution in [0.1, 0.15) is 13.3 Å². The van der Waals surface area contributed by atoms with Crippen LogP contribution in [-0.4, -0.2) is 43.3 Å². The molecule has 1 aliphatic rings. The van der Waals surface area contributed by atoms with Crippen LogP contribution in [0.4, 0.5) is 17.6 Å². The standard InChI is InChI=1S/C13H13F4NO5S/c1-12(11(19)20)5-6-18(7-12)24(21,22)9-4-2-3-8(10(9)14)23-13(15,16)17/h2-4H,5-7H2,1H3,(H,19,20). The summed E-state index contributed by atoms with van der Waals surface area (Å²) < 4.78 is 79.9. The maximum atomic E-state index is 14.2. The first-order valence-corrected chi connectivity index (χ1v) is 8.09. The Kier molecular flexibility index (Phi) is 4.53. The zero-order valence-corrected chi connectivity index (χ0v) is 13.1. The van der Waals surface area contributed by atoms with Gasteiger partial charge in [-0.05, 0) is 25.5 Å². The summed E-state index contributed by atoms with van der Waals surface area (Å²) in [4.78, 5) is 10.2. The van der Waals surface area contributed by atoms with Crippen LogP contribution in [-0.2, 0) is 14.8 Å². The molecule has 1 atom stereocenters. The number of benzene rings is 1. The van der Waals surface area contributed by atoms with Crippen molar-refractivity contribution in [1.82, 2.24) is 4.31 Å². The smallest absolute Gasteiger partial charge is 0.481 e. The van der Waals surface area contributed by atoms with Crippen LogP contribution in [0.2, 0.25) is 0 Å². The molecule has 24 heavy (non-hydrogen) atoms. The molecule has 1 heterocycles. The highest BCUT2D eigenvalue weighted by Crippen LogP contribution is 2.36. The average molecular weight is 371 g/mol. The molecular weight excluding hydrogens is 358 g/mol. The predicted molar refractivity (Wildman–Crippen MR) is 72.2 cm³/mol. The Hall–Kier alpha value is -1.88. The number of sulfonamides is 1. The average Bonchev–Trinajstić information content (AvgIpc) is 2.84. The normalized spacial score (nSPS) is 22.5. The predicted octanol–water partition coefficient (Wildman–Crippen LogP) is 2.21. The van der Waals surface area contributed by atoms with Crippen LogP contribution in [0.25, 0.3) is 0 Å². The molecule has 0 spiro atoms. The largest absolute Gasteiger partial charge is 0.573 e. The van der Waals surface area contributed by atoms with Gasteiger partial charge < -0.3 is 9.84 Å². The minimum Gasteiger partial charge on any atom is -0.481 e. The summed E-state index contributed by atoms with van der Waals surface area (Å²) in [6, 6.07) is 2.35. The van der Waals surface area contributed by atoms with E-state index < -0.39 is 50.8 Å². The van der Waals surface area contributed by atoms with Gasteiger partial charge in [0.05, 0.1) is 5.41 Å². The van der Waals surface area contributed by atoms with E-state index in [4.69, 9.17) is 5.11 Å². The van der Waals surface area contributed by atoms with Crippen molar-refractivity contribution in [2.75, 3.05) is 13.1 Å². The minimum atomic E-state index is -5.18. The molecule has 0 radical (unpaired) electrons. The number of halogens is 4. The topological polar surface area (TPSA) is 83.9 Å². The van der Waals surface area contributed by atoms with E-state index in [1.54, 1.807) is 0 Å². The van der Waals surface area contributed by atoms with E-state index in [0.717, 1.165) is 16.4 Å². The first-order chi connectivity index (χ1) is 10.9. The number of aliphatic carboxylic acids is 1. The molecule has 1 fully saturated rings. The van der Waals surface area contributed by atoms with E-state index in [-0.39, 0.29) is 13.0 Å². The van der Waals surface area contributed by atoms with Crippen molar-refractivity contribution in [1.29, 1.82) is 0 Å². The van der Waals surface area contributed by atoms with Gasteiger partial charge in [-0.3, -0.25) is 4.79 Å². The van der Waals surface area contributed by atoms with Crippen molar-refractivity contribution in [3.63, 3.8) is 0 Å². The molecule has 0 saturated carbocycles. The zero-order chi connectivity index (χ0) is 18.3. The molecule has 6 nitrogen and oxygen atoms in total. The third-order valence-corrected chi connectivity index (χ3v) is 5.59. The number of hydrogen-bond acceptors (Lipinski definition) is 4. The van der Waals surface area contributed by atoms with Crippen molar-refractivity contribution in [2.45, 2.75) is 24.6 Å². The van der Waals surface area contributed by atoms with Gasteiger partial charge in [0, 0.05) is 13.1 Å². The SMILES string of the molecule is CC1(C(=O)O)CCN(S(=O)(=O)c2cccc(OC(F)(F)F)c2F)C1. The Bertz CT molecular complexity index is 764. The molecule has 1 N–H and O–H groups in total. The summed E-state index contributed by atoms with van der Waals surface area (Å²) >= 11 is 0. The molecule has 1 aromatic rings. The first-order valence-electron chi connectivity index (χ1n) is 6.65. The van der Waals surface area contributed by atoms with Crippen LogP contribution in [0.5, 0.6) is 5.75 Å². The minimum absolute atomic E-state index is 0.00191. The number of carbonyl (C=O) groups is 1. The fraction of sp³-hybridized carbons (Fsp3) is 0.462. The summed E-state index contributed by atoms with van der Waals surface area (Å²) in [6.07, 6.45) is -5.18. The van der Waals surface area contributed by atoms with E-state index in [0.29, 0.717) is 6.07 Å². The lowest BCUT2D eigenvalue weighted by Crippen LogP contribution is -2.35. The van der Waals surface area contributed by atoms with E-state index in [1.807, 2.05) is 0 Å². The Balaban J connectivity index is 2.38. The fourth-order valence-electron chi connectivity index (χ4n) is 2.33. The molecule has 1 aromatic carbocycles. The van der Waals surface area contributed by atoms with E-state index in [1.165, 1.54) is 6.92 Å². The third-order valence-electron chi connectivity index (χ3n) is 3.73. The molecule has 1 aliphatic heterocycles. The molecule has 0 bridgehead atoms. The van der Waals surface area contributed by atoms with Crippen LogP contribution < -0.4 is 4.74 Å². The second-order valence-electron chi connectivity index (χ2n) is 5.57. The quantitative estimate of drug-likeness (QED) is 0.821. The van der Waals surface area contributed by atoms with Gasteiger partial charge in [0.1, 0.15) is 4.90 Å². The second kappa shape index (κ2) is 5.88. The maximum absolute atomic E-state index is 14.2. The van der Waals surface area contributed by atoms with Crippen LogP contribution in [0.3, 0.4) is 0 Å².